The van der Waals surface area contributed by atoms with Gasteiger partial charge in [0, 0.05) is 6.54 Å². The standard InChI is InChI=1S/C15H21NO4S/c1-3-21-10-9-13(14(17)20-2)16(15(18)19)11-12-7-5-4-6-8-12/h4-8,13H,3,9-11H2,1-2H3,(H,18,19)/t13-/m0/s1. The van der Waals surface area contributed by atoms with Crippen molar-refractivity contribution in [3.8, 4) is 0 Å². The van der Waals surface area contributed by atoms with Crippen molar-refractivity contribution in [1.29, 1.82) is 0 Å². The summed E-state index contributed by atoms with van der Waals surface area (Å²) in [6.45, 7) is 2.20. The van der Waals surface area contributed by atoms with E-state index in [1.54, 1.807) is 11.8 Å². The van der Waals surface area contributed by atoms with E-state index >= 15 is 0 Å². The normalized spacial score (nSPS) is 11.7. The van der Waals surface area contributed by atoms with E-state index in [-0.39, 0.29) is 6.54 Å². The van der Waals surface area contributed by atoms with Crippen molar-refractivity contribution < 1.29 is 19.4 Å². The molecule has 116 valence electrons. The van der Waals surface area contributed by atoms with Crippen LogP contribution in [0.2, 0.25) is 0 Å². The van der Waals surface area contributed by atoms with Crippen LogP contribution in [0.3, 0.4) is 0 Å². The number of amides is 1. The minimum absolute atomic E-state index is 0.173. The fraction of sp³-hybridized carbons (Fsp3) is 0.467. The summed E-state index contributed by atoms with van der Waals surface area (Å²) in [4.78, 5) is 24.6. The van der Waals surface area contributed by atoms with E-state index in [2.05, 4.69) is 0 Å². The van der Waals surface area contributed by atoms with Crippen molar-refractivity contribution >= 4 is 23.8 Å². The third-order valence-electron chi connectivity index (χ3n) is 3.03. The SMILES string of the molecule is CCSCC[C@@H](C(=O)OC)N(Cc1ccccc1)C(=O)O. The van der Waals surface area contributed by atoms with Gasteiger partial charge in [-0.05, 0) is 23.5 Å². The number of thioether (sulfide) groups is 1. The van der Waals surface area contributed by atoms with E-state index in [9.17, 15) is 14.7 Å². The molecule has 1 aromatic carbocycles. The minimum atomic E-state index is -1.12. The highest BCUT2D eigenvalue weighted by Gasteiger charge is 2.30. The largest absolute Gasteiger partial charge is 0.467 e. The topological polar surface area (TPSA) is 66.8 Å². The lowest BCUT2D eigenvalue weighted by atomic mass is 10.1. The Kier molecular flexibility index (Phi) is 7.68. The molecular weight excluding hydrogens is 290 g/mol. The average Bonchev–Trinajstić information content (AvgIpc) is 2.50. The minimum Gasteiger partial charge on any atom is -0.467 e. The molecule has 0 fully saturated rings. The van der Waals surface area contributed by atoms with Crippen LogP contribution in [0.1, 0.15) is 18.9 Å². The molecule has 0 aromatic heterocycles. The first-order chi connectivity index (χ1) is 10.1. The lowest BCUT2D eigenvalue weighted by Crippen LogP contribution is -2.44. The molecule has 0 spiro atoms. The average molecular weight is 311 g/mol. The van der Waals surface area contributed by atoms with Gasteiger partial charge in [0.2, 0.25) is 0 Å². The Morgan fingerprint density at radius 3 is 2.52 bits per heavy atom. The Labute approximate surface area is 129 Å². The Morgan fingerprint density at radius 2 is 2.00 bits per heavy atom. The van der Waals surface area contributed by atoms with Crippen molar-refractivity contribution in [2.45, 2.75) is 25.9 Å². The summed E-state index contributed by atoms with van der Waals surface area (Å²) in [6, 6.07) is 8.46. The van der Waals surface area contributed by atoms with E-state index in [0.29, 0.717) is 6.42 Å². The second-order valence-electron chi connectivity index (χ2n) is 4.42. The zero-order valence-electron chi connectivity index (χ0n) is 12.3. The van der Waals surface area contributed by atoms with E-state index in [1.165, 1.54) is 7.11 Å². The number of rotatable bonds is 8. The zero-order chi connectivity index (χ0) is 15.7. The van der Waals surface area contributed by atoms with Crippen LogP contribution in [0.5, 0.6) is 0 Å². The highest BCUT2D eigenvalue weighted by molar-refractivity contribution is 7.99. The summed E-state index contributed by atoms with van der Waals surface area (Å²) in [5.74, 6) is 1.14. The Balaban J connectivity index is 2.85. The molecule has 1 rings (SSSR count). The molecule has 0 saturated carbocycles. The van der Waals surface area contributed by atoms with Gasteiger partial charge in [0.1, 0.15) is 6.04 Å². The summed E-state index contributed by atoms with van der Waals surface area (Å²) in [7, 11) is 1.28. The number of carboxylic acid groups (broad SMARTS) is 1. The van der Waals surface area contributed by atoms with Crippen molar-refractivity contribution in [3.05, 3.63) is 35.9 Å². The van der Waals surface area contributed by atoms with Gasteiger partial charge in [0.05, 0.1) is 7.11 Å². The van der Waals surface area contributed by atoms with Crippen molar-refractivity contribution in [3.63, 3.8) is 0 Å². The molecule has 1 atom stereocenters. The van der Waals surface area contributed by atoms with E-state index in [1.807, 2.05) is 37.3 Å². The lowest BCUT2D eigenvalue weighted by molar-refractivity contribution is -0.146. The second kappa shape index (κ2) is 9.28. The van der Waals surface area contributed by atoms with Gasteiger partial charge in [0.15, 0.2) is 0 Å². The highest BCUT2D eigenvalue weighted by atomic mass is 32.2. The lowest BCUT2D eigenvalue weighted by Gasteiger charge is -2.27. The number of carbonyl (C=O) groups is 2. The van der Waals surface area contributed by atoms with Crippen molar-refractivity contribution in [2.75, 3.05) is 18.6 Å². The number of benzene rings is 1. The Morgan fingerprint density at radius 1 is 1.33 bits per heavy atom. The van der Waals surface area contributed by atoms with Crippen LogP contribution in [0.4, 0.5) is 4.79 Å². The van der Waals surface area contributed by atoms with Gasteiger partial charge in [-0.3, -0.25) is 4.90 Å². The van der Waals surface area contributed by atoms with Crippen LogP contribution < -0.4 is 0 Å². The van der Waals surface area contributed by atoms with Gasteiger partial charge in [-0.2, -0.15) is 11.8 Å². The summed E-state index contributed by atoms with van der Waals surface area (Å²) >= 11 is 1.67. The first-order valence-corrected chi connectivity index (χ1v) is 7.94. The number of methoxy groups -OCH3 is 1. The third kappa shape index (κ3) is 5.67. The summed E-state index contributed by atoms with van der Waals surface area (Å²) in [6.07, 6.45) is -0.666. The molecule has 1 amide bonds. The third-order valence-corrected chi connectivity index (χ3v) is 3.96. The number of nitrogens with zero attached hydrogens (tertiary/aromatic N) is 1. The maximum atomic E-state index is 11.9. The van der Waals surface area contributed by atoms with E-state index in [4.69, 9.17) is 4.74 Å². The summed E-state index contributed by atoms with van der Waals surface area (Å²) in [5, 5.41) is 9.42. The molecule has 21 heavy (non-hydrogen) atoms. The highest BCUT2D eigenvalue weighted by Crippen LogP contribution is 2.15. The molecule has 1 N–H and O–H groups in total. The number of carbonyl (C=O) groups excluding carboxylic acids is 1. The zero-order valence-corrected chi connectivity index (χ0v) is 13.1. The predicted octanol–water partition coefficient (Wildman–Crippen LogP) is 2.85. The Hall–Kier alpha value is -1.69. The maximum Gasteiger partial charge on any atom is 0.408 e. The summed E-state index contributed by atoms with van der Waals surface area (Å²) < 4.78 is 4.76. The molecule has 0 aliphatic heterocycles. The fourth-order valence-corrected chi connectivity index (χ4v) is 2.65. The molecule has 0 aliphatic rings. The van der Waals surface area contributed by atoms with Gasteiger partial charge in [-0.15, -0.1) is 0 Å². The predicted molar refractivity (Wildman–Crippen MR) is 83.4 cm³/mol. The number of hydrogen-bond acceptors (Lipinski definition) is 4. The number of hydrogen-bond donors (Lipinski definition) is 1. The van der Waals surface area contributed by atoms with Crippen LogP contribution in [-0.4, -0.2) is 46.7 Å². The molecule has 1 aromatic rings. The van der Waals surface area contributed by atoms with Gasteiger partial charge in [0.25, 0.3) is 0 Å². The van der Waals surface area contributed by atoms with Crippen LogP contribution >= 0.6 is 11.8 Å². The van der Waals surface area contributed by atoms with Gasteiger partial charge in [-0.1, -0.05) is 37.3 Å². The second-order valence-corrected chi connectivity index (χ2v) is 5.81. The molecule has 5 nitrogen and oxygen atoms in total. The molecule has 0 unspecified atom stereocenters. The first-order valence-electron chi connectivity index (χ1n) is 6.79. The van der Waals surface area contributed by atoms with Crippen LogP contribution in [0.15, 0.2) is 30.3 Å². The van der Waals surface area contributed by atoms with Gasteiger partial charge >= 0.3 is 12.1 Å². The van der Waals surface area contributed by atoms with Crippen molar-refractivity contribution in [1.82, 2.24) is 4.90 Å². The quantitative estimate of drug-likeness (QED) is 0.590. The summed E-state index contributed by atoms with van der Waals surface area (Å²) in [5.41, 5.74) is 0.844. The Bertz CT molecular complexity index is 452. The van der Waals surface area contributed by atoms with Crippen LogP contribution in [0, 0.1) is 0 Å². The molecule has 0 saturated heterocycles. The number of ether oxygens (including phenoxy) is 1. The molecule has 0 bridgehead atoms. The van der Waals surface area contributed by atoms with E-state index in [0.717, 1.165) is 22.0 Å². The van der Waals surface area contributed by atoms with Crippen molar-refractivity contribution in [2.24, 2.45) is 0 Å². The smallest absolute Gasteiger partial charge is 0.408 e. The molecule has 0 heterocycles. The van der Waals surface area contributed by atoms with Gasteiger partial charge in [-0.25, -0.2) is 9.59 Å². The van der Waals surface area contributed by atoms with E-state index < -0.39 is 18.1 Å². The maximum absolute atomic E-state index is 11.9. The molecule has 0 aliphatic carbocycles. The number of esters is 1. The fourth-order valence-electron chi connectivity index (χ4n) is 1.97. The molecule has 0 radical (unpaired) electrons. The first kappa shape index (κ1) is 17.4. The monoisotopic (exact) mass is 311 g/mol. The van der Waals surface area contributed by atoms with Crippen LogP contribution in [-0.2, 0) is 16.1 Å². The van der Waals surface area contributed by atoms with Crippen LogP contribution in [0.25, 0.3) is 0 Å². The molecule has 6 heteroatoms. The molecular formula is C15H21NO4S. The van der Waals surface area contributed by atoms with Gasteiger partial charge < -0.3 is 9.84 Å².